The first-order valence-electron chi connectivity index (χ1n) is 14.2. The van der Waals surface area contributed by atoms with Gasteiger partial charge in [0.05, 0.1) is 22.7 Å². The van der Waals surface area contributed by atoms with Crippen molar-refractivity contribution in [2.75, 3.05) is 0 Å². The lowest BCUT2D eigenvalue weighted by Crippen LogP contribution is -2.05. The van der Waals surface area contributed by atoms with E-state index >= 15 is 0 Å². The van der Waals surface area contributed by atoms with Gasteiger partial charge in [-0.05, 0) is 63.7 Å². The van der Waals surface area contributed by atoms with Crippen molar-refractivity contribution in [3.05, 3.63) is 83.7 Å². The fourth-order valence-electron chi connectivity index (χ4n) is 6.34. The fraction of sp³-hybridized carbons (Fsp3) is 0.235. The predicted octanol–water partition coefficient (Wildman–Crippen LogP) is 8.22. The molecule has 4 aromatic carbocycles. The van der Waals surface area contributed by atoms with Gasteiger partial charge in [0, 0.05) is 34.2 Å². The van der Waals surface area contributed by atoms with Gasteiger partial charge in [0.2, 0.25) is 0 Å². The number of benzene rings is 4. The maximum atomic E-state index is 4.98. The number of aromatic nitrogens is 6. The molecule has 0 saturated heterocycles. The average molecular weight is 523 g/mol. The summed E-state index contributed by atoms with van der Waals surface area (Å²) in [5.41, 5.74) is 12.0. The number of aromatic amines is 2. The van der Waals surface area contributed by atoms with Crippen LogP contribution in [0.25, 0.3) is 65.9 Å². The highest BCUT2D eigenvalue weighted by molar-refractivity contribution is 6.23. The Morgan fingerprint density at radius 1 is 0.675 bits per heavy atom. The molecule has 7 aromatic rings. The number of hydrogen-bond donors (Lipinski definition) is 2. The molecule has 0 aliphatic heterocycles. The van der Waals surface area contributed by atoms with E-state index in [0.717, 1.165) is 62.7 Å². The minimum absolute atomic E-state index is 0.266. The summed E-state index contributed by atoms with van der Waals surface area (Å²) < 4.78 is 0. The van der Waals surface area contributed by atoms with Crippen LogP contribution in [-0.4, -0.2) is 30.1 Å². The van der Waals surface area contributed by atoms with Crippen LogP contribution in [0, 0.1) is 0 Å². The van der Waals surface area contributed by atoms with E-state index in [1.165, 1.54) is 38.8 Å². The Morgan fingerprint density at radius 3 is 2.27 bits per heavy atom. The second kappa shape index (κ2) is 8.46. The topological polar surface area (TPSA) is 83.1 Å². The van der Waals surface area contributed by atoms with Crippen molar-refractivity contribution < 1.29 is 0 Å². The molecule has 1 aliphatic carbocycles. The molecule has 3 aromatic heterocycles. The highest BCUT2D eigenvalue weighted by Crippen LogP contribution is 2.40. The zero-order chi connectivity index (χ0) is 27.1. The number of nitrogens with zero attached hydrogens (tertiary/aromatic N) is 4. The van der Waals surface area contributed by atoms with Gasteiger partial charge < -0.3 is 4.98 Å². The molecule has 0 spiro atoms. The summed E-state index contributed by atoms with van der Waals surface area (Å²) >= 11 is 0. The maximum Gasteiger partial charge on any atom is 0.132 e. The first-order valence-corrected chi connectivity index (χ1v) is 14.2. The number of H-pyrrole nitrogens is 2. The molecule has 0 radical (unpaired) electrons. The van der Waals surface area contributed by atoms with Crippen LogP contribution < -0.4 is 0 Å². The average Bonchev–Trinajstić information content (AvgIpc) is 3.63. The smallest absolute Gasteiger partial charge is 0.132 e. The summed E-state index contributed by atoms with van der Waals surface area (Å²) in [6, 6.07) is 18.1. The molecule has 0 saturated carbocycles. The van der Waals surface area contributed by atoms with Crippen LogP contribution in [0.2, 0.25) is 0 Å². The van der Waals surface area contributed by atoms with Crippen molar-refractivity contribution in [3.63, 3.8) is 0 Å². The standard InChI is InChI=1S/C34H30N6/c1-17(2)33-37-29-12-11-23-22-8-5-19(13-21(22)7-10-24(23)30(29)38-33)20-6-9-25-26(14-20)27-15-35-36-16-28(27)32-31(25)39-34(40-32)18(3)4/h5-6,8-9,11-18,35H,7,10H2,1-4H3,(H,37,38). The van der Waals surface area contributed by atoms with Crippen LogP contribution in [0.3, 0.4) is 0 Å². The van der Waals surface area contributed by atoms with Crippen LogP contribution in [0.5, 0.6) is 0 Å². The number of aryl methyl sites for hydroxylation is 2. The van der Waals surface area contributed by atoms with Crippen LogP contribution in [0.15, 0.2) is 60.9 Å². The summed E-state index contributed by atoms with van der Waals surface area (Å²) in [6.07, 6.45) is 5.87. The summed E-state index contributed by atoms with van der Waals surface area (Å²) in [6.45, 7) is 8.64. The van der Waals surface area contributed by atoms with E-state index < -0.39 is 0 Å². The molecule has 0 fully saturated rings. The van der Waals surface area contributed by atoms with Gasteiger partial charge >= 0.3 is 0 Å². The molecule has 0 unspecified atom stereocenters. The molecule has 1 aliphatic rings. The van der Waals surface area contributed by atoms with Crippen LogP contribution in [0.1, 0.15) is 62.3 Å². The van der Waals surface area contributed by atoms with Gasteiger partial charge in [-0.3, -0.25) is 5.10 Å². The second-order valence-corrected chi connectivity index (χ2v) is 11.7. The Bertz CT molecular complexity index is 2130. The second-order valence-electron chi connectivity index (χ2n) is 11.7. The van der Waals surface area contributed by atoms with Crippen molar-refractivity contribution in [3.8, 4) is 22.3 Å². The molecule has 0 amide bonds. The predicted molar refractivity (Wildman–Crippen MR) is 163 cm³/mol. The van der Waals surface area contributed by atoms with E-state index in [-0.39, 0.29) is 5.92 Å². The van der Waals surface area contributed by atoms with Gasteiger partial charge in [-0.25, -0.2) is 15.0 Å². The largest absolute Gasteiger partial charge is 0.342 e. The van der Waals surface area contributed by atoms with Crippen molar-refractivity contribution in [1.29, 1.82) is 0 Å². The third kappa shape index (κ3) is 3.35. The number of rotatable bonds is 3. The van der Waals surface area contributed by atoms with E-state index in [0.29, 0.717) is 5.92 Å². The first kappa shape index (κ1) is 23.3. The molecule has 8 rings (SSSR count). The lowest BCUT2D eigenvalue weighted by Gasteiger charge is -2.21. The van der Waals surface area contributed by atoms with Crippen molar-refractivity contribution >= 4 is 43.6 Å². The third-order valence-electron chi connectivity index (χ3n) is 8.48. The third-order valence-corrected chi connectivity index (χ3v) is 8.48. The summed E-state index contributed by atoms with van der Waals surface area (Å²) in [5, 5.41) is 11.8. The number of hydrogen-bond acceptors (Lipinski definition) is 4. The molecule has 2 N–H and O–H groups in total. The molecule has 6 nitrogen and oxygen atoms in total. The SMILES string of the molecule is CC(C)c1nc2c3ccc(-c4ccc5c(c4)CCc4c-5ccc5[nH]c(C(C)C)nc45)cc3c3c[nH]ncc3c2n1. The van der Waals surface area contributed by atoms with Gasteiger partial charge in [0.15, 0.2) is 0 Å². The van der Waals surface area contributed by atoms with Crippen molar-refractivity contribution in [2.24, 2.45) is 0 Å². The van der Waals surface area contributed by atoms with E-state index in [1.807, 2.05) is 12.4 Å². The highest BCUT2D eigenvalue weighted by atomic mass is 15.1. The van der Waals surface area contributed by atoms with Gasteiger partial charge in [-0.15, -0.1) is 0 Å². The highest BCUT2D eigenvalue weighted by Gasteiger charge is 2.22. The number of imidazole rings is 2. The quantitative estimate of drug-likeness (QED) is 0.229. The van der Waals surface area contributed by atoms with Gasteiger partial charge in [-0.2, -0.15) is 5.10 Å². The fourth-order valence-corrected chi connectivity index (χ4v) is 6.34. The molecule has 0 atom stereocenters. The summed E-state index contributed by atoms with van der Waals surface area (Å²) in [5.74, 6) is 2.59. The maximum absolute atomic E-state index is 4.98. The van der Waals surface area contributed by atoms with Crippen LogP contribution in [0.4, 0.5) is 0 Å². The Kier molecular flexibility index (Phi) is 4.93. The van der Waals surface area contributed by atoms with E-state index in [1.54, 1.807) is 0 Å². The van der Waals surface area contributed by atoms with Gasteiger partial charge in [0.1, 0.15) is 17.2 Å². The number of fused-ring (bicyclic) bond motifs is 11. The number of nitrogens with one attached hydrogen (secondary N) is 2. The normalized spacial score (nSPS) is 13.2. The van der Waals surface area contributed by atoms with Gasteiger partial charge in [0.25, 0.3) is 0 Å². The molecule has 3 heterocycles. The first-order chi connectivity index (χ1) is 19.5. The minimum Gasteiger partial charge on any atom is -0.342 e. The van der Waals surface area contributed by atoms with Crippen LogP contribution >= 0.6 is 0 Å². The Hall–Kier alpha value is -4.58. The van der Waals surface area contributed by atoms with Gasteiger partial charge in [-0.1, -0.05) is 64.1 Å². The minimum atomic E-state index is 0.266. The zero-order valence-corrected chi connectivity index (χ0v) is 23.1. The van der Waals surface area contributed by atoms with E-state index in [9.17, 15) is 0 Å². The lowest BCUT2D eigenvalue weighted by molar-refractivity contribution is 0.798. The van der Waals surface area contributed by atoms with Crippen molar-refractivity contribution in [1.82, 2.24) is 30.1 Å². The molecule has 196 valence electrons. The van der Waals surface area contributed by atoms with E-state index in [2.05, 4.69) is 91.4 Å². The Labute approximate surface area is 231 Å². The molecule has 0 bridgehead atoms. The molecule has 40 heavy (non-hydrogen) atoms. The summed E-state index contributed by atoms with van der Waals surface area (Å²) in [7, 11) is 0. The van der Waals surface area contributed by atoms with Crippen molar-refractivity contribution in [2.45, 2.75) is 52.4 Å². The van der Waals surface area contributed by atoms with E-state index in [4.69, 9.17) is 15.0 Å². The molecular weight excluding hydrogens is 492 g/mol. The summed E-state index contributed by atoms with van der Waals surface area (Å²) in [4.78, 5) is 18.3. The lowest BCUT2D eigenvalue weighted by atomic mass is 9.83. The Balaban J connectivity index is 1.27. The molecule has 6 heteroatoms. The monoisotopic (exact) mass is 522 g/mol. The zero-order valence-electron chi connectivity index (χ0n) is 23.1. The Morgan fingerprint density at radius 2 is 1.45 bits per heavy atom. The molecular formula is C34H30N6. The van der Waals surface area contributed by atoms with Crippen LogP contribution in [-0.2, 0) is 12.8 Å².